The molecule has 0 saturated heterocycles. The minimum Gasteiger partial charge on any atom is -0.491 e. The van der Waals surface area contributed by atoms with E-state index < -0.39 is 0 Å². The fourth-order valence-corrected chi connectivity index (χ4v) is 4.25. The van der Waals surface area contributed by atoms with E-state index in [1.807, 2.05) is 12.4 Å². The molecular formula is C31H42N2O. The lowest BCUT2D eigenvalue weighted by Gasteiger charge is -2.15. The average molecular weight is 459 g/mol. The van der Waals surface area contributed by atoms with E-state index in [1.54, 1.807) is 0 Å². The second-order valence-corrected chi connectivity index (χ2v) is 9.46. The lowest BCUT2D eigenvalue weighted by atomic mass is 10.0. The highest BCUT2D eigenvalue weighted by Crippen LogP contribution is 2.26. The second-order valence-electron chi connectivity index (χ2n) is 9.46. The first-order valence-electron chi connectivity index (χ1n) is 13.4. The molecule has 3 nitrogen and oxygen atoms in total. The maximum Gasteiger partial charge on any atom is 0.159 e. The van der Waals surface area contributed by atoms with Gasteiger partial charge in [-0.1, -0.05) is 95.2 Å². The van der Waals surface area contributed by atoms with Gasteiger partial charge in [-0.05, 0) is 61.4 Å². The second kappa shape index (κ2) is 14.6. The van der Waals surface area contributed by atoms with Crippen LogP contribution in [0.1, 0.15) is 90.5 Å². The van der Waals surface area contributed by atoms with Crippen LogP contribution in [0.4, 0.5) is 0 Å². The largest absolute Gasteiger partial charge is 0.491 e. The van der Waals surface area contributed by atoms with E-state index in [-0.39, 0.29) is 6.10 Å². The number of unbranched alkanes of at least 4 members (excludes halogenated alkanes) is 7. The van der Waals surface area contributed by atoms with Crippen molar-refractivity contribution in [3.05, 3.63) is 66.5 Å². The standard InChI is InChI=1S/C31H42N2O/c1-4-6-8-10-12-14-26-23-32-31(33-24-26)29-17-15-27(16-18-29)28-19-21-30(22-20-28)34-25(3)13-11-9-7-5-2/h15-25H,4-14H2,1-3H3/t25-/m1/s1. The summed E-state index contributed by atoms with van der Waals surface area (Å²) in [5, 5.41) is 0. The van der Waals surface area contributed by atoms with Crippen molar-refractivity contribution >= 4 is 0 Å². The molecule has 0 unspecified atom stereocenters. The van der Waals surface area contributed by atoms with Crippen LogP contribution in [0.2, 0.25) is 0 Å². The third-order valence-electron chi connectivity index (χ3n) is 6.41. The lowest BCUT2D eigenvalue weighted by molar-refractivity contribution is 0.206. The van der Waals surface area contributed by atoms with E-state index in [4.69, 9.17) is 4.74 Å². The minimum atomic E-state index is 0.259. The van der Waals surface area contributed by atoms with Gasteiger partial charge in [-0.15, -0.1) is 0 Å². The highest BCUT2D eigenvalue weighted by molar-refractivity contribution is 5.68. The molecular weight excluding hydrogens is 416 g/mol. The predicted molar refractivity (Wildman–Crippen MR) is 144 cm³/mol. The number of hydrogen-bond donors (Lipinski definition) is 0. The fourth-order valence-electron chi connectivity index (χ4n) is 4.25. The molecule has 0 radical (unpaired) electrons. The maximum atomic E-state index is 6.10. The summed E-state index contributed by atoms with van der Waals surface area (Å²) in [7, 11) is 0. The summed E-state index contributed by atoms with van der Waals surface area (Å²) in [5.41, 5.74) is 4.66. The highest BCUT2D eigenvalue weighted by Gasteiger charge is 2.06. The zero-order valence-electron chi connectivity index (χ0n) is 21.4. The Morgan fingerprint density at radius 3 is 1.79 bits per heavy atom. The van der Waals surface area contributed by atoms with E-state index in [9.17, 15) is 0 Å². The normalized spacial score (nSPS) is 12.0. The van der Waals surface area contributed by atoms with Crippen LogP contribution in [0.5, 0.6) is 5.75 Å². The lowest BCUT2D eigenvalue weighted by Crippen LogP contribution is -2.11. The molecule has 2 aromatic carbocycles. The van der Waals surface area contributed by atoms with Crippen LogP contribution in [0.3, 0.4) is 0 Å². The molecule has 0 amide bonds. The number of nitrogens with zero attached hydrogens (tertiary/aromatic N) is 2. The Labute approximate surface area is 207 Å². The Morgan fingerprint density at radius 2 is 1.18 bits per heavy atom. The third-order valence-corrected chi connectivity index (χ3v) is 6.41. The minimum absolute atomic E-state index is 0.259. The van der Waals surface area contributed by atoms with Crippen molar-refractivity contribution in [3.63, 3.8) is 0 Å². The molecule has 0 aliphatic carbocycles. The van der Waals surface area contributed by atoms with E-state index in [1.165, 1.54) is 74.5 Å². The SMILES string of the molecule is CCCCCCCc1cnc(-c2ccc(-c3ccc(O[C@H](C)CCCCCC)cc3)cc2)nc1. The van der Waals surface area contributed by atoms with Crippen molar-refractivity contribution < 1.29 is 4.74 Å². The smallest absolute Gasteiger partial charge is 0.159 e. The zero-order chi connectivity index (χ0) is 24.0. The van der Waals surface area contributed by atoms with Gasteiger partial charge < -0.3 is 4.74 Å². The van der Waals surface area contributed by atoms with Crippen molar-refractivity contribution in [1.29, 1.82) is 0 Å². The molecule has 0 N–H and O–H groups in total. The summed E-state index contributed by atoms with van der Waals surface area (Å²) < 4.78 is 6.10. The van der Waals surface area contributed by atoms with E-state index in [0.29, 0.717) is 0 Å². The molecule has 1 aromatic heterocycles. The van der Waals surface area contributed by atoms with Crippen LogP contribution in [-0.4, -0.2) is 16.1 Å². The number of rotatable bonds is 15. The van der Waals surface area contributed by atoms with Gasteiger partial charge >= 0.3 is 0 Å². The van der Waals surface area contributed by atoms with Gasteiger partial charge in [0.05, 0.1) is 6.10 Å². The summed E-state index contributed by atoms with van der Waals surface area (Å²) in [4.78, 5) is 9.22. The van der Waals surface area contributed by atoms with Crippen LogP contribution in [0, 0.1) is 0 Å². The number of aryl methyl sites for hydroxylation is 1. The quantitative estimate of drug-likeness (QED) is 0.213. The molecule has 0 saturated carbocycles. The first kappa shape index (κ1) is 25.9. The van der Waals surface area contributed by atoms with Gasteiger partial charge in [-0.3, -0.25) is 0 Å². The molecule has 182 valence electrons. The first-order valence-corrected chi connectivity index (χ1v) is 13.4. The molecule has 1 heterocycles. The summed E-state index contributed by atoms with van der Waals surface area (Å²) >= 11 is 0. The van der Waals surface area contributed by atoms with Crippen molar-refractivity contribution in [2.24, 2.45) is 0 Å². The summed E-state index contributed by atoms with van der Waals surface area (Å²) in [6.07, 6.45) is 18.0. The molecule has 3 rings (SSSR count). The summed E-state index contributed by atoms with van der Waals surface area (Å²) in [6.45, 7) is 6.67. The van der Waals surface area contributed by atoms with Crippen molar-refractivity contribution in [3.8, 4) is 28.3 Å². The Balaban J connectivity index is 1.51. The van der Waals surface area contributed by atoms with Crippen molar-refractivity contribution in [2.75, 3.05) is 0 Å². The van der Waals surface area contributed by atoms with Crippen LogP contribution >= 0.6 is 0 Å². The molecule has 3 aromatic rings. The summed E-state index contributed by atoms with van der Waals surface area (Å²) in [5.74, 6) is 1.74. The zero-order valence-corrected chi connectivity index (χ0v) is 21.4. The van der Waals surface area contributed by atoms with Gasteiger partial charge in [0.25, 0.3) is 0 Å². The van der Waals surface area contributed by atoms with E-state index >= 15 is 0 Å². The third kappa shape index (κ3) is 8.59. The van der Waals surface area contributed by atoms with Crippen LogP contribution in [0.25, 0.3) is 22.5 Å². The van der Waals surface area contributed by atoms with Gasteiger partial charge in [0.1, 0.15) is 5.75 Å². The van der Waals surface area contributed by atoms with Gasteiger partial charge in [0.2, 0.25) is 0 Å². The highest BCUT2D eigenvalue weighted by atomic mass is 16.5. The molecule has 1 atom stereocenters. The van der Waals surface area contributed by atoms with Crippen molar-refractivity contribution in [2.45, 2.75) is 97.5 Å². The molecule has 0 fully saturated rings. The molecule has 0 aliphatic heterocycles. The first-order chi connectivity index (χ1) is 16.7. The molecule has 0 spiro atoms. The summed E-state index contributed by atoms with van der Waals surface area (Å²) in [6, 6.07) is 16.9. The average Bonchev–Trinajstić information content (AvgIpc) is 2.87. The van der Waals surface area contributed by atoms with Crippen LogP contribution in [-0.2, 0) is 6.42 Å². The predicted octanol–water partition coefficient (Wildman–Crippen LogP) is 9.06. The Morgan fingerprint density at radius 1 is 0.647 bits per heavy atom. The Hall–Kier alpha value is -2.68. The van der Waals surface area contributed by atoms with Crippen LogP contribution in [0.15, 0.2) is 60.9 Å². The van der Waals surface area contributed by atoms with Gasteiger partial charge in [-0.25, -0.2) is 9.97 Å². The maximum absolute atomic E-state index is 6.10. The molecule has 0 aliphatic rings. The Kier molecular flexibility index (Phi) is 11.1. The number of hydrogen-bond acceptors (Lipinski definition) is 3. The molecule has 3 heteroatoms. The molecule has 0 bridgehead atoms. The number of benzene rings is 2. The number of ether oxygens (including phenoxy) is 1. The van der Waals surface area contributed by atoms with Crippen LogP contribution < -0.4 is 4.74 Å². The molecule has 34 heavy (non-hydrogen) atoms. The monoisotopic (exact) mass is 458 g/mol. The fraction of sp³-hybridized carbons (Fsp3) is 0.484. The number of aromatic nitrogens is 2. The van der Waals surface area contributed by atoms with Gasteiger partial charge in [0, 0.05) is 18.0 Å². The topological polar surface area (TPSA) is 35.0 Å². The van der Waals surface area contributed by atoms with E-state index in [2.05, 4.69) is 79.3 Å². The van der Waals surface area contributed by atoms with Crippen molar-refractivity contribution in [1.82, 2.24) is 9.97 Å². The van der Waals surface area contributed by atoms with Gasteiger partial charge in [0.15, 0.2) is 5.82 Å². The van der Waals surface area contributed by atoms with Gasteiger partial charge in [-0.2, -0.15) is 0 Å². The van der Waals surface area contributed by atoms with E-state index in [0.717, 1.165) is 30.0 Å². The Bertz CT molecular complexity index is 933.